The highest BCUT2D eigenvalue weighted by Gasteiger charge is 2.46. The molecule has 10 heteroatoms. The maximum absolute atomic E-state index is 12.7. The van der Waals surface area contributed by atoms with E-state index in [1.54, 1.807) is 6.92 Å². The molecule has 1 aromatic carbocycles. The number of alkyl halides is 1. The number of hydrogen-bond acceptors (Lipinski definition) is 8. The van der Waals surface area contributed by atoms with E-state index in [2.05, 4.69) is 26.5 Å². The molecule has 26 heavy (non-hydrogen) atoms. The van der Waals surface area contributed by atoms with Crippen LogP contribution in [-0.4, -0.2) is 51.1 Å². The third-order valence-corrected chi connectivity index (χ3v) is 5.03. The van der Waals surface area contributed by atoms with Crippen LogP contribution in [0.3, 0.4) is 0 Å². The monoisotopic (exact) mass is 427 g/mol. The van der Waals surface area contributed by atoms with E-state index in [0.29, 0.717) is 5.56 Å². The number of nitrogens with one attached hydrogen (secondary N) is 1. The first kappa shape index (κ1) is 20.0. The summed E-state index contributed by atoms with van der Waals surface area (Å²) in [6, 6.07) is 4.49. The first-order chi connectivity index (χ1) is 12.2. The molecule has 9 nitrogen and oxygen atoms in total. The van der Waals surface area contributed by atoms with Crippen LogP contribution in [0.4, 0.5) is 5.69 Å². The SMILES string of the molecule is CCOC(=O)C1NN=C(C(=O)C(C)(O)CBr)C1c1ccc([N+](=O)[O-])cc1. The third kappa shape index (κ3) is 3.91. The lowest BCUT2D eigenvalue weighted by Gasteiger charge is -2.23. The topological polar surface area (TPSA) is 131 Å². The number of esters is 1. The van der Waals surface area contributed by atoms with Gasteiger partial charge in [-0.25, -0.2) is 4.79 Å². The Bertz CT molecular complexity index is 747. The van der Waals surface area contributed by atoms with Gasteiger partial charge in [0.25, 0.3) is 5.69 Å². The lowest BCUT2D eigenvalue weighted by Crippen LogP contribution is -2.45. The Kier molecular flexibility index (Phi) is 6.09. The number of halogens is 1. The molecule has 0 fully saturated rings. The van der Waals surface area contributed by atoms with Crippen LogP contribution in [0.1, 0.15) is 25.3 Å². The number of benzene rings is 1. The predicted octanol–water partition coefficient (Wildman–Crippen LogP) is 1.28. The Morgan fingerprint density at radius 3 is 2.54 bits per heavy atom. The van der Waals surface area contributed by atoms with Crippen molar-refractivity contribution in [3.8, 4) is 0 Å². The lowest BCUT2D eigenvalue weighted by atomic mass is 9.83. The van der Waals surface area contributed by atoms with Crippen LogP contribution >= 0.6 is 15.9 Å². The first-order valence-electron chi connectivity index (χ1n) is 7.80. The number of nitro benzene ring substituents is 1. The van der Waals surface area contributed by atoms with Gasteiger partial charge in [0.15, 0.2) is 6.04 Å². The third-order valence-electron chi connectivity index (χ3n) is 3.94. The zero-order chi connectivity index (χ0) is 19.5. The second-order valence-corrected chi connectivity index (χ2v) is 6.48. The smallest absolute Gasteiger partial charge is 0.331 e. The summed E-state index contributed by atoms with van der Waals surface area (Å²) in [4.78, 5) is 35.2. The molecule has 0 spiro atoms. The van der Waals surface area contributed by atoms with Gasteiger partial charge in [-0.3, -0.25) is 20.3 Å². The van der Waals surface area contributed by atoms with Gasteiger partial charge in [-0.05, 0) is 19.4 Å². The maximum Gasteiger partial charge on any atom is 0.331 e. The average molecular weight is 428 g/mol. The molecule has 2 N–H and O–H groups in total. The van der Waals surface area contributed by atoms with E-state index < -0.39 is 34.2 Å². The van der Waals surface area contributed by atoms with Gasteiger partial charge in [-0.2, -0.15) is 5.10 Å². The van der Waals surface area contributed by atoms with Crippen molar-refractivity contribution in [2.24, 2.45) is 5.10 Å². The number of Topliss-reactive ketones (excluding diaryl/α,β-unsaturated/α-hetero) is 1. The van der Waals surface area contributed by atoms with Crippen molar-refractivity contribution < 1.29 is 24.4 Å². The first-order valence-corrected chi connectivity index (χ1v) is 8.92. The number of hydrazone groups is 1. The van der Waals surface area contributed by atoms with E-state index in [0.717, 1.165) is 0 Å². The van der Waals surface area contributed by atoms with Crippen LogP contribution in [0.25, 0.3) is 0 Å². The minimum atomic E-state index is -1.72. The van der Waals surface area contributed by atoms with Gasteiger partial charge < -0.3 is 9.84 Å². The Labute approximate surface area is 157 Å². The average Bonchev–Trinajstić information content (AvgIpc) is 3.06. The van der Waals surface area contributed by atoms with Crippen LogP contribution in [-0.2, 0) is 14.3 Å². The Hall–Kier alpha value is -2.33. The Morgan fingerprint density at radius 2 is 2.04 bits per heavy atom. The summed E-state index contributed by atoms with van der Waals surface area (Å²) in [6.07, 6.45) is 0. The molecule has 0 saturated heterocycles. The number of aliphatic hydroxyl groups is 1. The molecule has 2 rings (SSSR count). The number of non-ortho nitro benzene ring substituents is 1. The normalized spacial score (nSPS) is 21.3. The van der Waals surface area contributed by atoms with Crippen LogP contribution < -0.4 is 5.43 Å². The number of rotatable bonds is 7. The molecule has 0 saturated carbocycles. The number of ketones is 1. The number of hydrogen-bond donors (Lipinski definition) is 2. The van der Waals surface area contributed by atoms with E-state index in [-0.39, 0.29) is 23.3 Å². The number of nitrogens with zero attached hydrogens (tertiary/aromatic N) is 2. The largest absolute Gasteiger partial charge is 0.464 e. The number of carbonyl (C=O) groups is 2. The van der Waals surface area contributed by atoms with Crippen LogP contribution in [0, 0.1) is 10.1 Å². The zero-order valence-electron chi connectivity index (χ0n) is 14.1. The van der Waals surface area contributed by atoms with Gasteiger partial charge in [0.1, 0.15) is 11.3 Å². The van der Waals surface area contributed by atoms with Crippen molar-refractivity contribution >= 4 is 39.1 Å². The zero-order valence-corrected chi connectivity index (χ0v) is 15.7. The fraction of sp³-hybridized carbons (Fsp3) is 0.438. The molecule has 0 amide bonds. The van der Waals surface area contributed by atoms with Gasteiger partial charge in [0, 0.05) is 17.5 Å². The summed E-state index contributed by atoms with van der Waals surface area (Å²) in [7, 11) is 0. The molecule has 0 aromatic heterocycles. The van der Waals surface area contributed by atoms with E-state index in [4.69, 9.17) is 4.74 Å². The van der Waals surface area contributed by atoms with E-state index in [1.165, 1.54) is 31.2 Å². The van der Waals surface area contributed by atoms with Crippen molar-refractivity contribution in [1.29, 1.82) is 0 Å². The molecule has 1 aliphatic rings. The molecule has 0 radical (unpaired) electrons. The quantitative estimate of drug-likeness (QED) is 0.290. The molecule has 0 bridgehead atoms. The summed E-state index contributed by atoms with van der Waals surface area (Å²) in [5.74, 6) is -2.11. The van der Waals surface area contributed by atoms with Crippen LogP contribution in [0.5, 0.6) is 0 Å². The molecular formula is C16H18BrN3O6. The van der Waals surface area contributed by atoms with E-state index in [1.807, 2.05) is 0 Å². The maximum atomic E-state index is 12.7. The van der Waals surface area contributed by atoms with Crippen molar-refractivity contribution in [1.82, 2.24) is 5.43 Å². The van der Waals surface area contributed by atoms with Gasteiger partial charge in [0.2, 0.25) is 5.78 Å². The molecule has 1 aliphatic heterocycles. The highest BCUT2D eigenvalue weighted by Crippen LogP contribution is 2.30. The van der Waals surface area contributed by atoms with Crippen molar-refractivity contribution in [2.45, 2.75) is 31.4 Å². The predicted molar refractivity (Wildman–Crippen MR) is 96.3 cm³/mol. The summed E-state index contributed by atoms with van der Waals surface area (Å²) in [6.45, 7) is 3.12. The number of carbonyl (C=O) groups excluding carboxylic acids is 2. The standard InChI is InChI=1S/C16H18BrN3O6/c1-3-26-15(22)13-11(9-4-6-10(7-5-9)20(24)25)12(18-19-13)14(21)16(2,23)8-17/h4-7,11,13,19,23H,3,8H2,1-2H3. The van der Waals surface area contributed by atoms with Gasteiger partial charge >= 0.3 is 5.97 Å². The Balaban J connectivity index is 2.43. The summed E-state index contributed by atoms with van der Waals surface area (Å²) < 4.78 is 5.01. The molecule has 3 unspecified atom stereocenters. The molecule has 0 aliphatic carbocycles. The highest BCUT2D eigenvalue weighted by molar-refractivity contribution is 9.09. The van der Waals surface area contributed by atoms with Gasteiger partial charge in [-0.1, -0.05) is 28.1 Å². The Morgan fingerprint density at radius 1 is 1.42 bits per heavy atom. The molecule has 1 heterocycles. The van der Waals surface area contributed by atoms with Crippen molar-refractivity contribution in [3.05, 3.63) is 39.9 Å². The van der Waals surface area contributed by atoms with Crippen molar-refractivity contribution in [2.75, 3.05) is 11.9 Å². The fourth-order valence-electron chi connectivity index (χ4n) is 2.54. The molecule has 1 aromatic rings. The number of nitro groups is 1. The van der Waals surface area contributed by atoms with Gasteiger partial charge in [-0.15, -0.1) is 0 Å². The van der Waals surface area contributed by atoms with Crippen molar-refractivity contribution in [3.63, 3.8) is 0 Å². The summed E-state index contributed by atoms with van der Waals surface area (Å²) in [5.41, 5.74) is 1.17. The van der Waals surface area contributed by atoms with Crippen LogP contribution in [0.15, 0.2) is 29.4 Å². The minimum absolute atomic E-state index is 0.0189. The lowest BCUT2D eigenvalue weighted by molar-refractivity contribution is -0.384. The van der Waals surface area contributed by atoms with Crippen LogP contribution in [0.2, 0.25) is 0 Å². The molecular weight excluding hydrogens is 410 g/mol. The second kappa shape index (κ2) is 7.92. The van der Waals surface area contributed by atoms with E-state index >= 15 is 0 Å². The molecule has 3 atom stereocenters. The summed E-state index contributed by atoms with van der Waals surface area (Å²) >= 11 is 3.08. The number of ether oxygens (including phenoxy) is 1. The second-order valence-electron chi connectivity index (χ2n) is 5.92. The van der Waals surface area contributed by atoms with Gasteiger partial charge in [0.05, 0.1) is 17.4 Å². The fourth-order valence-corrected chi connectivity index (χ4v) is 2.80. The molecule has 140 valence electrons. The van der Waals surface area contributed by atoms with E-state index in [9.17, 15) is 24.8 Å². The highest BCUT2D eigenvalue weighted by atomic mass is 79.9. The summed E-state index contributed by atoms with van der Waals surface area (Å²) in [5, 5.41) is 25.0. The minimum Gasteiger partial charge on any atom is -0.464 e.